The molecule has 0 unspecified atom stereocenters. The molecular formula is C20H20FN3O3. The second-order valence-electron chi connectivity index (χ2n) is 7.21. The molecule has 1 heterocycles. The maximum absolute atomic E-state index is 13.0. The van der Waals surface area contributed by atoms with E-state index in [-0.39, 0.29) is 17.9 Å². The van der Waals surface area contributed by atoms with Crippen molar-refractivity contribution in [2.45, 2.75) is 32.7 Å². The number of hydrogen-bond acceptors (Lipinski definition) is 4. The quantitative estimate of drug-likeness (QED) is 0.763. The molecule has 1 aromatic heterocycles. The van der Waals surface area contributed by atoms with Crippen molar-refractivity contribution in [3.63, 3.8) is 0 Å². The number of carbonyl (C=O) groups is 1. The maximum atomic E-state index is 13.0. The fraction of sp³-hybridized carbons (Fsp3) is 0.250. The maximum Gasteiger partial charge on any atom is 0.437 e. The van der Waals surface area contributed by atoms with Gasteiger partial charge >= 0.3 is 5.76 Å². The van der Waals surface area contributed by atoms with Gasteiger partial charge in [-0.3, -0.25) is 4.79 Å². The smallest absolute Gasteiger partial charge is 0.388 e. The summed E-state index contributed by atoms with van der Waals surface area (Å²) in [6, 6.07) is 12.9. The van der Waals surface area contributed by atoms with Gasteiger partial charge in [0.15, 0.2) is 0 Å². The number of anilines is 1. The number of nitrogens with zero attached hydrogens (tertiary/aromatic N) is 2. The van der Waals surface area contributed by atoms with Gasteiger partial charge in [0.05, 0.1) is 0 Å². The molecule has 0 bridgehead atoms. The minimum Gasteiger partial charge on any atom is -0.388 e. The summed E-state index contributed by atoms with van der Waals surface area (Å²) < 4.78 is 19.0. The lowest BCUT2D eigenvalue weighted by atomic mass is 9.87. The van der Waals surface area contributed by atoms with E-state index in [1.807, 2.05) is 24.3 Å². The molecule has 3 rings (SSSR count). The summed E-state index contributed by atoms with van der Waals surface area (Å²) in [6.45, 7) is 6.04. The summed E-state index contributed by atoms with van der Waals surface area (Å²) in [6.07, 6.45) is 0. The molecule has 2 aromatic carbocycles. The Balaban J connectivity index is 1.69. The summed E-state index contributed by atoms with van der Waals surface area (Å²) >= 11 is 0. The van der Waals surface area contributed by atoms with E-state index in [4.69, 9.17) is 4.42 Å². The van der Waals surface area contributed by atoms with Crippen LogP contribution in [0.5, 0.6) is 0 Å². The van der Waals surface area contributed by atoms with Crippen LogP contribution in [-0.2, 0) is 16.8 Å². The van der Waals surface area contributed by atoms with E-state index in [1.165, 1.54) is 24.3 Å². The molecule has 1 amide bonds. The molecule has 0 atom stereocenters. The zero-order valence-electron chi connectivity index (χ0n) is 15.3. The van der Waals surface area contributed by atoms with Gasteiger partial charge in [-0.2, -0.15) is 4.68 Å². The van der Waals surface area contributed by atoms with Crippen molar-refractivity contribution in [3.05, 3.63) is 70.5 Å². The Labute approximate surface area is 155 Å². The Morgan fingerprint density at radius 3 is 2.33 bits per heavy atom. The van der Waals surface area contributed by atoms with Crippen molar-refractivity contribution in [2.75, 3.05) is 5.32 Å². The molecule has 0 radical (unpaired) electrons. The van der Waals surface area contributed by atoms with Gasteiger partial charge in [0.25, 0.3) is 0 Å². The SMILES string of the molecule is CC(C)(C)c1ccc(NC(=O)Cn2nc(-c3ccc(F)cc3)oc2=O)cc1. The van der Waals surface area contributed by atoms with Crippen LogP contribution in [0, 0.1) is 5.82 Å². The van der Waals surface area contributed by atoms with Crippen LogP contribution in [0.4, 0.5) is 10.1 Å². The molecule has 0 saturated heterocycles. The highest BCUT2D eigenvalue weighted by Crippen LogP contribution is 2.23. The van der Waals surface area contributed by atoms with Crippen LogP contribution in [0.3, 0.4) is 0 Å². The van der Waals surface area contributed by atoms with Crippen LogP contribution < -0.4 is 11.1 Å². The average molecular weight is 369 g/mol. The Morgan fingerprint density at radius 2 is 1.74 bits per heavy atom. The highest BCUT2D eigenvalue weighted by Gasteiger charge is 2.15. The standard InChI is InChI=1S/C20H20FN3O3/c1-20(2,3)14-6-10-16(11-7-14)22-17(25)12-24-19(26)27-18(23-24)13-4-8-15(21)9-5-13/h4-11H,12H2,1-3H3,(H,22,25). The molecule has 27 heavy (non-hydrogen) atoms. The van der Waals surface area contributed by atoms with E-state index in [0.29, 0.717) is 11.3 Å². The third-order valence-electron chi connectivity index (χ3n) is 4.03. The second kappa shape index (κ2) is 7.19. The van der Waals surface area contributed by atoms with Crippen molar-refractivity contribution in [3.8, 4) is 11.5 Å². The normalized spacial score (nSPS) is 11.4. The fourth-order valence-electron chi connectivity index (χ4n) is 2.51. The van der Waals surface area contributed by atoms with Gasteiger partial charge in [-0.25, -0.2) is 9.18 Å². The summed E-state index contributed by atoms with van der Waals surface area (Å²) in [5.74, 6) is -1.54. The Morgan fingerprint density at radius 1 is 1.11 bits per heavy atom. The van der Waals surface area contributed by atoms with Gasteiger partial charge in [0, 0.05) is 11.3 Å². The van der Waals surface area contributed by atoms with Crippen LogP contribution >= 0.6 is 0 Å². The number of aromatic nitrogens is 2. The third kappa shape index (κ3) is 4.49. The lowest BCUT2D eigenvalue weighted by molar-refractivity contribution is -0.117. The molecule has 0 saturated carbocycles. The van der Waals surface area contributed by atoms with Crippen molar-refractivity contribution < 1.29 is 13.6 Å². The average Bonchev–Trinajstić information content (AvgIpc) is 2.95. The van der Waals surface area contributed by atoms with Crippen LogP contribution in [-0.4, -0.2) is 15.7 Å². The molecule has 6 nitrogen and oxygen atoms in total. The van der Waals surface area contributed by atoms with Crippen LogP contribution in [0.2, 0.25) is 0 Å². The first kappa shape index (κ1) is 18.6. The van der Waals surface area contributed by atoms with E-state index in [1.54, 1.807) is 0 Å². The number of nitrogens with one attached hydrogen (secondary N) is 1. The van der Waals surface area contributed by atoms with E-state index in [0.717, 1.165) is 10.2 Å². The lowest BCUT2D eigenvalue weighted by Gasteiger charge is -2.19. The molecule has 0 spiro atoms. The van der Waals surface area contributed by atoms with Gasteiger partial charge in [0.2, 0.25) is 11.8 Å². The summed E-state index contributed by atoms with van der Waals surface area (Å²) in [4.78, 5) is 24.1. The molecule has 0 aliphatic rings. The molecule has 140 valence electrons. The lowest BCUT2D eigenvalue weighted by Crippen LogP contribution is -2.25. The Bertz CT molecular complexity index is 997. The first-order valence-electron chi connectivity index (χ1n) is 8.47. The number of benzene rings is 2. The summed E-state index contributed by atoms with van der Waals surface area (Å²) in [5.41, 5.74) is 2.25. The molecule has 0 fully saturated rings. The van der Waals surface area contributed by atoms with Crippen LogP contribution in [0.25, 0.3) is 11.5 Å². The molecule has 7 heteroatoms. The number of halogens is 1. The number of amides is 1. The molecular weight excluding hydrogens is 349 g/mol. The third-order valence-corrected chi connectivity index (χ3v) is 4.03. The van der Waals surface area contributed by atoms with Gasteiger partial charge in [-0.15, -0.1) is 5.10 Å². The van der Waals surface area contributed by atoms with E-state index in [9.17, 15) is 14.0 Å². The topological polar surface area (TPSA) is 77.1 Å². The van der Waals surface area contributed by atoms with Gasteiger partial charge in [-0.1, -0.05) is 32.9 Å². The zero-order valence-corrected chi connectivity index (χ0v) is 15.3. The predicted octanol–water partition coefficient (Wildman–Crippen LogP) is 3.58. The first-order valence-corrected chi connectivity index (χ1v) is 8.47. The van der Waals surface area contributed by atoms with Crippen LogP contribution in [0.15, 0.2) is 57.7 Å². The second-order valence-corrected chi connectivity index (χ2v) is 7.21. The molecule has 1 N–H and O–H groups in total. The largest absolute Gasteiger partial charge is 0.437 e. The minimum absolute atomic E-state index is 0.0211. The molecule has 3 aromatic rings. The summed E-state index contributed by atoms with van der Waals surface area (Å²) in [7, 11) is 0. The molecule has 0 aliphatic heterocycles. The first-order chi connectivity index (χ1) is 12.7. The van der Waals surface area contributed by atoms with Crippen LogP contribution in [0.1, 0.15) is 26.3 Å². The van der Waals surface area contributed by atoms with Gasteiger partial charge in [-0.05, 0) is 47.4 Å². The number of hydrogen-bond donors (Lipinski definition) is 1. The highest BCUT2D eigenvalue weighted by atomic mass is 19.1. The van der Waals surface area contributed by atoms with E-state index < -0.39 is 17.5 Å². The van der Waals surface area contributed by atoms with Crippen molar-refractivity contribution >= 4 is 11.6 Å². The van der Waals surface area contributed by atoms with E-state index >= 15 is 0 Å². The van der Waals surface area contributed by atoms with Gasteiger partial charge in [0.1, 0.15) is 12.4 Å². The molecule has 0 aliphatic carbocycles. The Hall–Kier alpha value is -3.22. The Kier molecular flexibility index (Phi) is 4.94. The minimum atomic E-state index is -0.757. The fourth-order valence-corrected chi connectivity index (χ4v) is 2.51. The summed E-state index contributed by atoms with van der Waals surface area (Å²) in [5, 5.41) is 6.71. The zero-order chi connectivity index (χ0) is 19.6. The van der Waals surface area contributed by atoms with Crippen molar-refractivity contribution in [2.24, 2.45) is 0 Å². The van der Waals surface area contributed by atoms with E-state index in [2.05, 4.69) is 31.2 Å². The predicted molar refractivity (Wildman–Crippen MR) is 99.9 cm³/mol. The number of rotatable bonds is 4. The van der Waals surface area contributed by atoms with Crippen molar-refractivity contribution in [1.29, 1.82) is 0 Å². The highest BCUT2D eigenvalue weighted by molar-refractivity contribution is 5.90. The monoisotopic (exact) mass is 369 g/mol. The van der Waals surface area contributed by atoms with Gasteiger partial charge < -0.3 is 9.73 Å². The van der Waals surface area contributed by atoms with Crippen molar-refractivity contribution in [1.82, 2.24) is 9.78 Å². The number of carbonyl (C=O) groups excluding carboxylic acids is 1.